The SMILES string of the molecule is Cc1ncsc1CNC(=O)C1CSCCN1. The number of nitrogens with one attached hydrogen (secondary N) is 2. The number of rotatable bonds is 3. The van der Waals surface area contributed by atoms with Gasteiger partial charge in [-0.3, -0.25) is 4.79 Å². The van der Waals surface area contributed by atoms with Crippen LogP contribution in [0.15, 0.2) is 5.51 Å². The standard InChI is InChI=1S/C10H15N3OS2/c1-7-9(16-6-13-7)4-12-10(14)8-5-15-3-2-11-8/h6,8,11H,2-5H2,1H3,(H,12,14). The molecule has 4 nitrogen and oxygen atoms in total. The Morgan fingerprint density at radius 1 is 1.75 bits per heavy atom. The number of nitrogens with zero attached hydrogens (tertiary/aromatic N) is 1. The summed E-state index contributed by atoms with van der Waals surface area (Å²) in [5.41, 5.74) is 2.82. The highest BCUT2D eigenvalue weighted by atomic mass is 32.2. The van der Waals surface area contributed by atoms with Crippen molar-refractivity contribution in [2.45, 2.75) is 19.5 Å². The Balaban J connectivity index is 1.81. The maximum Gasteiger partial charge on any atom is 0.238 e. The third kappa shape index (κ3) is 2.96. The predicted molar refractivity (Wildman–Crippen MR) is 67.8 cm³/mol. The molecular formula is C10H15N3OS2. The normalized spacial score (nSPS) is 20.7. The van der Waals surface area contributed by atoms with Gasteiger partial charge < -0.3 is 10.6 Å². The number of carbonyl (C=O) groups is 1. The van der Waals surface area contributed by atoms with Crippen LogP contribution in [-0.4, -0.2) is 35.0 Å². The molecule has 88 valence electrons. The van der Waals surface area contributed by atoms with Crippen molar-refractivity contribution in [3.63, 3.8) is 0 Å². The van der Waals surface area contributed by atoms with E-state index in [1.807, 2.05) is 24.2 Å². The average Bonchev–Trinajstić information content (AvgIpc) is 2.73. The summed E-state index contributed by atoms with van der Waals surface area (Å²) >= 11 is 3.41. The molecule has 0 aliphatic carbocycles. The summed E-state index contributed by atoms with van der Waals surface area (Å²) in [5, 5.41) is 6.17. The van der Waals surface area contributed by atoms with Crippen molar-refractivity contribution in [2.24, 2.45) is 0 Å². The van der Waals surface area contributed by atoms with Gasteiger partial charge in [-0.25, -0.2) is 4.98 Å². The van der Waals surface area contributed by atoms with Gasteiger partial charge in [0.25, 0.3) is 0 Å². The molecule has 1 aliphatic rings. The lowest BCUT2D eigenvalue weighted by atomic mass is 10.3. The van der Waals surface area contributed by atoms with Gasteiger partial charge in [-0.05, 0) is 6.92 Å². The first-order chi connectivity index (χ1) is 7.77. The van der Waals surface area contributed by atoms with Crippen LogP contribution in [-0.2, 0) is 11.3 Å². The van der Waals surface area contributed by atoms with Crippen LogP contribution in [0.5, 0.6) is 0 Å². The quantitative estimate of drug-likeness (QED) is 0.840. The molecular weight excluding hydrogens is 242 g/mol. The third-order valence-corrected chi connectivity index (χ3v) is 4.50. The van der Waals surface area contributed by atoms with Crippen molar-refractivity contribution in [2.75, 3.05) is 18.1 Å². The van der Waals surface area contributed by atoms with Crippen molar-refractivity contribution in [1.82, 2.24) is 15.6 Å². The topological polar surface area (TPSA) is 54.0 Å². The largest absolute Gasteiger partial charge is 0.350 e. The summed E-state index contributed by atoms with van der Waals surface area (Å²) in [4.78, 5) is 17.1. The van der Waals surface area contributed by atoms with Crippen LogP contribution in [0.2, 0.25) is 0 Å². The van der Waals surface area contributed by atoms with Crippen LogP contribution in [0.1, 0.15) is 10.6 Å². The van der Waals surface area contributed by atoms with Gasteiger partial charge in [0, 0.05) is 22.9 Å². The Morgan fingerprint density at radius 3 is 3.25 bits per heavy atom. The molecule has 6 heteroatoms. The van der Waals surface area contributed by atoms with Crippen LogP contribution in [0.25, 0.3) is 0 Å². The van der Waals surface area contributed by atoms with Crippen molar-refractivity contribution in [1.29, 1.82) is 0 Å². The first kappa shape index (κ1) is 11.9. The van der Waals surface area contributed by atoms with Crippen LogP contribution in [0, 0.1) is 6.92 Å². The summed E-state index contributed by atoms with van der Waals surface area (Å²) in [6.07, 6.45) is 0. The Labute approximate surface area is 103 Å². The number of amides is 1. The Morgan fingerprint density at radius 2 is 2.62 bits per heavy atom. The van der Waals surface area contributed by atoms with Crippen molar-refractivity contribution >= 4 is 29.0 Å². The van der Waals surface area contributed by atoms with Gasteiger partial charge in [0.1, 0.15) is 0 Å². The summed E-state index contributed by atoms with van der Waals surface area (Å²) in [6, 6.07) is -0.0352. The van der Waals surface area contributed by atoms with Crippen LogP contribution < -0.4 is 10.6 Å². The van der Waals surface area contributed by atoms with E-state index in [1.54, 1.807) is 11.3 Å². The molecule has 1 aromatic rings. The van der Waals surface area contributed by atoms with E-state index >= 15 is 0 Å². The molecule has 0 bridgehead atoms. The molecule has 1 aromatic heterocycles. The highest BCUT2D eigenvalue weighted by Gasteiger charge is 2.20. The van der Waals surface area contributed by atoms with E-state index in [0.29, 0.717) is 6.54 Å². The maximum absolute atomic E-state index is 11.8. The molecule has 0 saturated carbocycles. The third-order valence-electron chi connectivity index (χ3n) is 2.51. The molecule has 2 heterocycles. The van der Waals surface area contributed by atoms with Gasteiger partial charge in [0.05, 0.1) is 23.8 Å². The fraction of sp³-hybridized carbons (Fsp3) is 0.600. The van der Waals surface area contributed by atoms with E-state index in [2.05, 4.69) is 15.6 Å². The first-order valence-electron chi connectivity index (χ1n) is 5.25. The van der Waals surface area contributed by atoms with E-state index in [-0.39, 0.29) is 11.9 Å². The second-order valence-electron chi connectivity index (χ2n) is 3.66. The van der Waals surface area contributed by atoms with Crippen LogP contribution in [0.4, 0.5) is 0 Å². The van der Waals surface area contributed by atoms with Gasteiger partial charge in [-0.2, -0.15) is 11.8 Å². The van der Waals surface area contributed by atoms with Crippen LogP contribution in [0.3, 0.4) is 0 Å². The molecule has 0 aromatic carbocycles. The summed E-state index contributed by atoms with van der Waals surface area (Å²) < 4.78 is 0. The minimum absolute atomic E-state index is 0.0352. The fourth-order valence-corrected chi connectivity index (χ4v) is 3.17. The van der Waals surface area contributed by atoms with E-state index in [9.17, 15) is 4.79 Å². The second-order valence-corrected chi connectivity index (χ2v) is 5.75. The highest BCUT2D eigenvalue weighted by molar-refractivity contribution is 7.99. The zero-order valence-electron chi connectivity index (χ0n) is 9.16. The number of thioether (sulfide) groups is 1. The maximum atomic E-state index is 11.8. The molecule has 1 atom stereocenters. The minimum Gasteiger partial charge on any atom is -0.350 e. The smallest absolute Gasteiger partial charge is 0.238 e. The number of aryl methyl sites for hydroxylation is 1. The van der Waals surface area contributed by atoms with Crippen molar-refractivity contribution < 1.29 is 4.79 Å². The molecule has 1 aliphatic heterocycles. The molecule has 1 fully saturated rings. The second kappa shape index (κ2) is 5.65. The molecule has 16 heavy (non-hydrogen) atoms. The monoisotopic (exact) mass is 257 g/mol. The number of hydrogen-bond acceptors (Lipinski definition) is 5. The molecule has 1 amide bonds. The van der Waals surface area contributed by atoms with Crippen molar-refractivity contribution in [3.8, 4) is 0 Å². The van der Waals surface area contributed by atoms with Gasteiger partial charge in [0.2, 0.25) is 5.91 Å². The minimum atomic E-state index is -0.0352. The molecule has 1 unspecified atom stereocenters. The predicted octanol–water partition coefficient (Wildman–Crippen LogP) is 0.773. The average molecular weight is 257 g/mol. The first-order valence-corrected chi connectivity index (χ1v) is 7.28. The van der Waals surface area contributed by atoms with Crippen LogP contribution >= 0.6 is 23.1 Å². The van der Waals surface area contributed by atoms with E-state index < -0.39 is 0 Å². The fourth-order valence-electron chi connectivity index (χ4n) is 1.52. The lowest BCUT2D eigenvalue weighted by Crippen LogP contribution is -2.48. The molecule has 2 rings (SSSR count). The number of aromatic nitrogens is 1. The van der Waals surface area contributed by atoms with E-state index in [4.69, 9.17) is 0 Å². The Kier molecular flexibility index (Phi) is 4.20. The summed E-state index contributed by atoms with van der Waals surface area (Å²) in [6.45, 7) is 3.48. The summed E-state index contributed by atoms with van der Waals surface area (Å²) in [7, 11) is 0. The molecule has 0 spiro atoms. The number of thiazole rings is 1. The van der Waals surface area contributed by atoms with Gasteiger partial charge >= 0.3 is 0 Å². The Hall–Kier alpha value is -0.590. The van der Waals surface area contributed by atoms with Crippen molar-refractivity contribution in [3.05, 3.63) is 16.1 Å². The number of carbonyl (C=O) groups excluding carboxylic acids is 1. The van der Waals surface area contributed by atoms with Gasteiger partial charge in [-0.1, -0.05) is 0 Å². The highest BCUT2D eigenvalue weighted by Crippen LogP contribution is 2.12. The lowest BCUT2D eigenvalue weighted by Gasteiger charge is -2.22. The van der Waals surface area contributed by atoms with Gasteiger partial charge in [-0.15, -0.1) is 11.3 Å². The van der Waals surface area contributed by atoms with Gasteiger partial charge in [0.15, 0.2) is 0 Å². The lowest BCUT2D eigenvalue weighted by molar-refractivity contribution is -0.122. The molecule has 0 radical (unpaired) electrons. The zero-order valence-corrected chi connectivity index (χ0v) is 10.8. The zero-order chi connectivity index (χ0) is 11.4. The van der Waals surface area contributed by atoms with E-state index in [1.165, 1.54) is 0 Å². The Bertz CT molecular complexity index is 361. The molecule has 1 saturated heterocycles. The van der Waals surface area contributed by atoms with E-state index in [0.717, 1.165) is 28.6 Å². The summed E-state index contributed by atoms with van der Waals surface area (Å²) in [5.74, 6) is 2.06. The molecule has 2 N–H and O–H groups in total. The number of hydrogen-bond donors (Lipinski definition) is 2.